The third-order valence-electron chi connectivity index (χ3n) is 4.37. The van der Waals surface area contributed by atoms with Gasteiger partial charge in [-0.1, -0.05) is 12.1 Å². The molecule has 0 heterocycles. The van der Waals surface area contributed by atoms with E-state index < -0.39 is 0 Å². The molecule has 0 aliphatic heterocycles. The van der Waals surface area contributed by atoms with Crippen LogP contribution in [0.25, 0.3) is 0 Å². The summed E-state index contributed by atoms with van der Waals surface area (Å²) in [4.78, 5) is 0. The molecule has 1 aromatic carbocycles. The fraction of sp³-hybridized carbons (Fsp3) is 0.533. The Kier molecular flexibility index (Phi) is 2.66. The summed E-state index contributed by atoms with van der Waals surface area (Å²) in [7, 11) is 1.67. The second-order valence-corrected chi connectivity index (χ2v) is 5.40. The molecular formula is C15H18N2O. The molecule has 3 atom stereocenters. The lowest BCUT2D eigenvalue weighted by molar-refractivity contribution is 0.366. The lowest BCUT2D eigenvalue weighted by Crippen LogP contribution is -2.41. The van der Waals surface area contributed by atoms with Crippen LogP contribution < -0.4 is 10.1 Å². The molecule has 3 nitrogen and oxygen atoms in total. The topological polar surface area (TPSA) is 45.0 Å². The van der Waals surface area contributed by atoms with Crippen molar-refractivity contribution in [3.63, 3.8) is 0 Å². The number of hydrogen-bond donors (Lipinski definition) is 1. The number of methoxy groups -OCH3 is 1. The number of fused-ring (bicyclic) bond motifs is 1. The summed E-state index contributed by atoms with van der Waals surface area (Å²) in [6, 6.07) is 10.4. The molecule has 0 saturated heterocycles. The van der Waals surface area contributed by atoms with Gasteiger partial charge >= 0.3 is 0 Å². The third-order valence-corrected chi connectivity index (χ3v) is 4.37. The van der Waals surface area contributed by atoms with E-state index in [4.69, 9.17) is 4.74 Å². The summed E-state index contributed by atoms with van der Waals surface area (Å²) in [5.74, 6) is 2.11. The molecule has 0 aromatic heterocycles. The van der Waals surface area contributed by atoms with E-state index in [0.717, 1.165) is 30.2 Å². The number of ether oxygens (including phenoxy) is 1. The average molecular weight is 242 g/mol. The summed E-state index contributed by atoms with van der Waals surface area (Å²) in [5.41, 5.74) is 0.562. The minimum absolute atomic E-state index is 0.377. The zero-order valence-corrected chi connectivity index (χ0v) is 10.6. The van der Waals surface area contributed by atoms with E-state index in [0.29, 0.717) is 5.92 Å². The SMILES string of the molecule is COc1ccccc1NC1(C#N)CCCC2CC21. The minimum atomic E-state index is -0.377. The molecule has 2 aliphatic rings. The van der Waals surface area contributed by atoms with E-state index in [1.54, 1.807) is 7.11 Å². The number of nitriles is 1. The Morgan fingerprint density at radius 3 is 3.06 bits per heavy atom. The van der Waals surface area contributed by atoms with Crippen LogP contribution in [0, 0.1) is 23.2 Å². The van der Waals surface area contributed by atoms with Gasteiger partial charge in [0.05, 0.1) is 18.9 Å². The van der Waals surface area contributed by atoms with Crippen molar-refractivity contribution >= 4 is 5.69 Å². The van der Waals surface area contributed by atoms with Crippen LogP contribution in [-0.4, -0.2) is 12.6 Å². The average Bonchev–Trinajstić information content (AvgIpc) is 3.20. The Hall–Kier alpha value is -1.69. The molecule has 2 aliphatic carbocycles. The zero-order chi connectivity index (χ0) is 12.6. The maximum Gasteiger partial charge on any atom is 0.141 e. The maximum absolute atomic E-state index is 9.61. The monoisotopic (exact) mass is 242 g/mol. The van der Waals surface area contributed by atoms with E-state index in [2.05, 4.69) is 11.4 Å². The summed E-state index contributed by atoms with van der Waals surface area (Å²) < 4.78 is 5.35. The predicted molar refractivity (Wildman–Crippen MR) is 70.4 cm³/mol. The molecular weight excluding hydrogens is 224 g/mol. The molecule has 18 heavy (non-hydrogen) atoms. The van der Waals surface area contributed by atoms with Crippen molar-refractivity contribution in [2.45, 2.75) is 31.2 Å². The highest BCUT2D eigenvalue weighted by Gasteiger charge is 2.55. The normalized spacial score (nSPS) is 33.1. The molecule has 0 bridgehead atoms. The second kappa shape index (κ2) is 4.20. The van der Waals surface area contributed by atoms with Gasteiger partial charge in [0, 0.05) is 0 Å². The van der Waals surface area contributed by atoms with Gasteiger partial charge in [-0.25, -0.2) is 0 Å². The third kappa shape index (κ3) is 1.73. The quantitative estimate of drug-likeness (QED) is 0.885. The Morgan fingerprint density at radius 2 is 2.28 bits per heavy atom. The van der Waals surface area contributed by atoms with Crippen LogP contribution in [0.2, 0.25) is 0 Å². The second-order valence-electron chi connectivity index (χ2n) is 5.40. The smallest absolute Gasteiger partial charge is 0.141 e. The largest absolute Gasteiger partial charge is 0.495 e. The van der Waals surface area contributed by atoms with Crippen LogP contribution in [0.15, 0.2) is 24.3 Å². The van der Waals surface area contributed by atoms with Crippen molar-refractivity contribution < 1.29 is 4.74 Å². The summed E-state index contributed by atoms with van der Waals surface area (Å²) in [5, 5.41) is 13.1. The molecule has 2 fully saturated rings. The van der Waals surface area contributed by atoms with Gasteiger partial charge in [-0.2, -0.15) is 5.26 Å². The number of hydrogen-bond acceptors (Lipinski definition) is 3. The maximum atomic E-state index is 9.61. The molecule has 94 valence electrons. The molecule has 0 spiro atoms. The number of rotatable bonds is 3. The molecule has 0 radical (unpaired) electrons. The van der Waals surface area contributed by atoms with Crippen molar-refractivity contribution in [2.75, 3.05) is 12.4 Å². The van der Waals surface area contributed by atoms with Crippen LogP contribution in [0.4, 0.5) is 5.69 Å². The summed E-state index contributed by atoms with van der Waals surface area (Å²) in [6.07, 6.45) is 4.59. The number of anilines is 1. The van der Waals surface area contributed by atoms with Crippen molar-refractivity contribution in [1.82, 2.24) is 0 Å². The molecule has 3 rings (SSSR count). The standard InChI is InChI=1S/C15H18N2O/c1-18-14-7-3-2-6-13(14)17-15(10-16)8-4-5-11-9-12(11)15/h2-3,6-7,11-12,17H,4-5,8-9H2,1H3. The van der Waals surface area contributed by atoms with E-state index in [9.17, 15) is 5.26 Å². The molecule has 1 aromatic rings. The van der Waals surface area contributed by atoms with Crippen LogP contribution >= 0.6 is 0 Å². The van der Waals surface area contributed by atoms with Gasteiger partial charge in [-0.15, -0.1) is 0 Å². The van der Waals surface area contributed by atoms with Crippen LogP contribution in [0.1, 0.15) is 25.7 Å². The summed E-state index contributed by atoms with van der Waals surface area (Å²) in [6.45, 7) is 0. The van der Waals surface area contributed by atoms with E-state index in [-0.39, 0.29) is 5.54 Å². The Balaban J connectivity index is 1.88. The van der Waals surface area contributed by atoms with Gasteiger partial charge in [-0.05, 0) is 49.7 Å². The van der Waals surface area contributed by atoms with E-state index >= 15 is 0 Å². The van der Waals surface area contributed by atoms with Crippen molar-refractivity contribution in [1.29, 1.82) is 5.26 Å². The first kappa shape index (κ1) is 11.4. The number of para-hydroxylation sites is 2. The lowest BCUT2D eigenvalue weighted by atomic mass is 9.82. The molecule has 3 unspecified atom stereocenters. The van der Waals surface area contributed by atoms with E-state index in [1.165, 1.54) is 12.8 Å². The highest BCUT2D eigenvalue weighted by atomic mass is 16.5. The molecule has 1 N–H and O–H groups in total. The van der Waals surface area contributed by atoms with Crippen molar-refractivity contribution in [3.8, 4) is 11.8 Å². The fourth-order valence-electron chi connectivity index (χ4n) is 3.31. The van der Waals surface area contributed by atoms with Crippen molar-refractivity contribution in [2.24, 2.45) is 11.8 Å². The molecule has 2 saturated carbocycles. The van der Waals surface area contributed by atoms with E-state index in [1.807, 2.05) is 24.3 Å². The first-order chi connectivity index (χ1) is 8.79. The van der Waals surface area contributed by atoms with Gasteiger partial charge in [0.15, 0.2) is 0 Å². The first-order valence-electron chi connectivity index (χ1n) is 6.61. The van der Waals surface area contributed by atoms with Gasteiger partial charge in [0.2, 0.25) is 0 Å². The van der Waals surface area contributed by atoms with Crippen LogP contribution in [-0.2, 0) is 0 Å². The number of nitrogens with zero attached hydrogens (tertiary/aromatic N) is 1. The van der Waals surface area contributed by atoms with Crippen LogP contribution in [0.3, 0.4) is 0 Å². The Bertz CT molecular complexity index is 494. The Morgan fingerprint density at radius 1 is 1.44 bits per heavy atom. The Labute approximate surface area is 108 Å². The zero-order valence-electron chi connectivity index (χ0n) is 10.6. The highest BCUT2D eigenvalue weighted by molar-refractivity contribution is 5.59. The first-order valence-corrected chi connectivity index (χ1v) is 6.61. The lowest BCUT2D eigenvalue weighted by Gasteiger charge is -2.33. The number of benzene rings is 1. The van der Waals surface area contributed by atoms with Crippen molar-refractivity contribution in [3.05, 3.63) is 24.3 Å². The van der Waals surface area contributed by atoms with Gasteiger partial charge in [0.1, 0.15) is 11.3 Å². The van der Waals surface area contributed by atoms with Gasteiger partial charge in [0.25, 0.3) is 0 Å². The van der Waals surface area contributed by atoms with Gasteiger partial charge < -0.3 is 10.1 Å². The fourth-order valence-corrected chi connectivity index (χ4v) is 3.31. The van der Waals surface area contributed by atoms with Crippen LogP contribution in [0.5, 0.6) is 5.75 Å². The minimum Gasteiger partial charge on any atom is -0.495 e. The molecule has 3 heteroatoms. The number of nitrogens with one attached hydrogen (secondary N) is 1. The highest BCUT2D eigenvalue weighted by Crippen LogP contribution is 2.56. The van der Waals surface area contributed by atoms with Gasteiger partial charge in [-0.3, -0.25) is 0 Å². The molecule has 0 amide bonds. The predicted octanol–water partition coefficient (Wildman–Crippen LogP) is 3.19. The summed E-state index contributed by atoms with van der Waals surface area (Å²) >= 11 is 0.